The predicted molar refractivity (Wildman–Crippen MR) is 71.3 cm³/mol. The summed E-state index contributed by atoms with van der Waals surface area (Å²) in [6, 6.07) is 0.743. The highest BCUT2D eigenvalue weighted by Gasteiger charge is 2.35. The van der Waals surface area contributed by atoms with Crippen LogP contribution in [0.3, 0.4) is 0 Å². The molecule has 1 heterocycles. The van der Waals surface area contributed by atoms with Crippen molar-refractivity contribution in [2.24, 2.45) is 0 Å². The molecular weight excluding hydrogens is 212 g/mol. The number of hydrogen-bond acceptors (Lipinski definition) is 3. The normalized spacial score (nSPS) is 29.5. The van der Waals surface area contributed by atoms with Crippen molar-refractivity contribution in [3.63, 3.8) is 0 Å². The van der Waals surface area contributed by atoms with Crippen LogP contribution in [0.4, 0.5) is 0 Å². The van der Waals surface area contributed by atoms with Gasteiger partial charge < -0.3 is 10.1 Å². The molecule has 1 saturated heterocycles. The van der Waals surface area contributed by atoms with Crippen molar-refractivity contribution in [2.45, 2.75) is 57.6 Å². The fraction of sp³-hybridized carbons (Fsp3) is 1.00. The third-order valence-electron chi connectivity index (χ3n) is 4.07. The summed E-state index contributed by atoms with van der Waals surface area (Å²) in [5, 5.41) is 3.48. The van der Waals surface area contributed by atoms with Gasteiger partial charge in [0.15, 0.2) is 0 Å². The topological polar surface area (TPSA) is 24.5 Å². The van der Waals surface area contributed by atoms with Gasteiger partial charge in [0.05, 0.1) is 12.7 Å². The van der Waals surface area contributed by atoms with Gasteiger partial charge in [0.1, 0.15) is 0 Å². The molecule has 2 atom stereocenters. The van der Waals surface area contributed by atoms with Crippen LogP contribution in [-0.2, 0) is 4.74 Å². The number of nitrogens with zero attached hydrogens (tertiary/aromatic N) is 1. The molecule has 100 valence electrons. The molecule has 17 heavy (non-hydrogen) atoms. The zero-order valence-electron chi connectivity index (χ0n) is 11.3. The lowest BCUT2D eigenvalue weighted by Gasteiger charge is -2.37. The maximum atomic E-state index is 5.84. The van der Waals surface area contributed by atoms with Crippen LogP contribution < -0.4 is 5.32 Å². The van der Waals surface area contributed by atoms with E-state index in [0.717, 1.165) is 19.2 Å². The molecule has 3 nitrogen and oxygen atoms in total. The number of ether oxygens (including phenoxy) is 1. The summed E-state index contributed by atoms with van der Waals surface area (Å²) in [5.41, 5.74) is 0. The van der Waals surface area contributed by atoms with Crippen molar-refractivity contribution in [1.82, 2.24) is 10.2 Å². The van der Waals surface area contributed by atoms with Crippen molar-refractivity contribution >= 4 is 0 Å². The molecule has 3 heteroatoms. The molecule has 0 aromatic heterocycles. The minimum atomic E-state index is 0.557. The second-order valence-electron chi connectivity index (χ2n) is 5.40. The lowest BCUT2D eigenvalue weighted by atomic mass is 10.1. The minimum Gasteiger partial charge on any atom is -0.375 e. The molecule has 2 unspecified atom stereocenters. The minimum absolute atomic E-state index is 0.557. The van der Waals surface area contributed by atoms with Crippen LogP contribution in [0.1, 0.15) is 45.4 Å². The van der Waals surface area contributed by atoms with E-state index >= 15 is 0 Å². The van der Waals surface area contributed by atoms with Gasteiger partial charge in [-0.2, -0.15) is 0 Å². The smallest absolute Gasteiger partial charge is 0.0730 e. The molecule has 1 aliphatic heterocycles. The summed E-state index contributed by atoms with van der Waals surface area (Å²) >= 11 is 0. The molecule has 1 aliphatic carbocycles. The largest absolute Gasteiger partial charge is 0.375 e. The van der Waals surface area contributed by atoms with Gasteiger partial charge in [-0.1, -0.05) is 6.92 Å². The number of rotatable bonds is 7. The second kappa shape index (κ2) is 7.34. The van der Waals surface area contributed by atoms with Crippen molar-refractivity contribution in [3.8, 4) is 0 Å². The summed E-state index contributed by atoms with van der Waals surface area (Å²) in [6.07, 6.45) is 8.46. The van der Waals surface area contributed by atoms with Gasteiger partial charge in [-0.15, -0.1) is 0 Å². The Morgan fingerprint density at radius 1 is 1.24 bits per heavy atom. The van der Waals surface area contributed by atoms with E-state index in [4.69, 9.17) is 4.74 Å². The first-order valence-corrected chi connectivity index (χ1v) is 7.48. The summed E-state index contributed by atoms with van der Waals surface area (Å²) in [5.74, 6) is 0. The van der Waals surface area contributed by atoms with Crippen molar-refractivity contribution in [1.29, 1.82) is 0 Å². The summed E-state index contributed by atoms with van der Waals surface area (Å²) in [7, 11) is 0. The first-order chi connectivity index (χ1) is 8.42. The van der Waals surface area contributed by atoms with Crippen LogP contribution in [0.15, 0.2) is 0 Å². The fourth-order valence-electron chi connectivity index (χ4n) is 3.15. The first-order valence-electron chi connectivity index (χ1n) is 7.48. The maximum Gasteiger partial charge on any atom is 0.0730 e. The lowest BCUT2D eigenvalue weighted by Crippen LogP contribution is -2.48. The Morgan fingerprint density at radius 3 is 3.06 bits per heavy atom. The molecule has 0 spiro atoms. The quantitative estimate of drug-likeness (QED) is 0.689. The summed E-state index contributed by atoms with van der Waals surface area (Å²) in [6.45, 7) is 7.96. The molecule has 2 rings (SSSR count). The molecule has 0 amide bonds. The Kier molecular flexibility index (Phi) is 5.75. The van der Waals surface area contributed by atoms with E-state index in [0.29, 0.717) is 6.10 Å². The van der Waals surface area contributed by atoms with Gasteiger partial charge in [0.25, 0.3) is 0 Å². The zero-order valence-corrected chi connectivity index (χ0v) is 11.3. The maximum absolute atomic E-state index is 5.84. The fourth-order valence-corrected chi connectivity index (χ4v) is 3.15. The van der Waals surface area contributed by atoms with E-state index in [9.17, 15) is 0 Å². The third-order valence-corrected chi connectivity index (χ3v) is 4.07. The van der Waals surface area contributed by atoms with E-state index in [1.165, 1.54) is 58.2 Å². The van der Waals surface area contributed by atoms with E-state index in [1.807, 2.05) is 0 Å². The Labute approximate surface area is 106 Å². The Balaban J connectivity index is 1.58. The van der Waals surface area contributed by atoms with Crippen LogP contribution in [0.5, 0.6) is 0 Å². The second-order valence-corrected chi connectivity index (χ2v) is 5.40. The van der Waals surface area contributed by atoms with Crippen LogP contribution >= 0.6 is 0 Å². The molecule has 1 saturated carbocycles. The van der Waals surface area contributed by atoms with Gasteiger partial charge in [0, 0.05) is 12.6 Å². The SMILES string of the molecule is CCCNCCCCN1CCOC2CCCC21. The van der Waals surface area contributed by atoms with Crippen molar-refractivity contribution in [3.05, 3.63) is 0 Å². The molecule has 2 aliphatic rings. The average Bonchev–Trinajstić information content (AvgIpc) is 2.82. The van der Waals surface area contributed by atoms with Crippen molar-refractivity contribution in [2.75, 3.05) is 32.8 Å². The monoisotopic (exact) mass is 240 g/mol. The number of hydrogen-bond donors (Lipinski definition) is 1. The van der Waals surface area contributed by atoms with Crippen LogP contribution in [0.25, 0.3) is 0 Å². The van der Waals surface area contributed by atoms with E-state index < -0.39 is 0 Å². The highest BCUT2D eigenvalue weighted by atomic mass is 16.5. The van der Waals surface area contributed by atoms with Crippen LogP contribution in [0.2, 0.25) is 0 Å². The van der Waals surface area contributed by atoms with E-state index in [1.54, 1.807) is 0 Å². The third kappa shape index (κ3) is 3.94. The highest BCUT2D eigenvalue weighted by molar-refractivity contribution is 4.89. The number of unbranched alkanes of at least 4 members (excludes halogenated alkanes) is 1. The number of nitrogens with one attached hydrogen (secondary N) is 1. The molecule has 0 aromatic rings. The first kappa shape index (κ1) is 13.3. The lowest BCUT2D eigenvalue weighted by molar-refractivity contribution is -0.0558. The van der Waals surface area contributed by atoms with Crippen LogP contribution in [0, 0.1) is 0 Å². The van der Waals surface area contributed by atoms with Gasteiger partial charge >= 0.3 is 0 Å². The van der Waals surface area contributed by atoms with Gasteiger partial charge in [0.2, 0.25) is 0 Å². The predicted octanol–water partition coefficient (Wildman–Crippen LogP) is 2.02. The molecule has 1 N–H and O–H groups in total. The molecule has 2 fully saturated rings. The molecule has 0 bridgehead atoms. The number of fused-ring (bicyclic) bond motifs is 1. The number of morpholine rings is 1. The van der Waals surface area contributed by atoms with Gasteiger partial charge in [-0.05, 0) is 58.2 Å². The Bertz CT molecular complexity index is 210. The van der Waals surface area contributed by atoms with E-state index in [-0.39, 0.29) is 0 Å². The summed E-state index contributed by atoms with van der Waals surface area (Å²) in [4.78, 5) is 2.68. The summed E-state index contributed by atoms with van der Waals surface area (Å²) < 4.78 is 5.84. The van der Waals surface area contributed by atoms with E-state index in [2.05, 4.69) is 17.1 Å². The van der Waals surface area contributed by atoms with Crippen molar-refractivity contribution < 1.29 is 4.74 Å². The molecule has 0 radical (unpaired) electrons. The zero-order chi connectivity index (χ0) is 11.9. The molecular formula is C14H28N2O. The van der Waals surface area contributed by atoms with Crippen LogP contribution in [-0.4, -0.2) is 49.8 Å². The van der Waals surface area contributed by atoms with Gasteiger partial charge in [-0.3, -0.25) is 4.90 Å². The molecule has 0 aromatic carbocycles. The Morgan fingerprint density at radius 2 is 2.18 bits per heavy atom. The average molecular weight is 240 g/mol. The van der Waals surface area contributed by atoms with Gasteiger partial charge in [-0.25, -0.2) is 0 Å². The Hall–Kier alpha value is -0.120. The highest BCUT2D eigenvalue weighted by Crippen LogP contribution is 2.29. The standard InChI is InChI=1S/C14H28N2O/c1-2-8-15-9-3-4-10-16-11-12-17-14-7-5-6-13(14)16/h13-15H,2-12H2,1H3.